The number of carbonyl (C=O) groups excluding carboxylic acids is 1. The van der Waals surface area contributed by atoms with Gasteiger partial charge in [-0.05, 0) is 43.3 Å². The molecule has 0 unspecified atom stereocenters. The Morgan fingerprint density at radius 1 is 1.14 bits per heavy atom. The summed E-state index contributed by atoms with van der Waals surface area (Å²) in [7, 11) is 0. The summed E-state index contributed by atoms with van der Waals surface area (Å²) in [5, 5.41) is 0.534. The fraction of sp³-hybridized carbons (Fsp3) is 0.118. The monoisotopic (exact) mass is 312 g/mol. The molecule has 0 N–H and O–H groups in total. The van der Waals surface area contributed by atoms with Crippen LogP contribution in [0.1, 0.15) is 23.1 Å². The molecule has 3 rings (SSSR count). The molecule has 0 aliphatic heterocycles. The van der Waals surface area contributed by atoms with Gasteiger partial charge in [0.1, 0.15) is 5.82 Å². The van der Waals surface area contributed by atoms with E-state index in [0.717, 1.165) is 0 Å². The van der Waals surface area contributed by atoms with Crippen LogP contribution in [0.4, 0.5) is 0 Å². The first-order chi connectivity index (χ1) is 10.6. The van der Waals surface area contributed by atoms with Crippen LogP contribution < -0.4 is 5.56 Å². The number of alkyl halides is 1. The van der Waals surface area contributed by atoms with Crippen molar-refractivity contribution in [1.82, 2.24) is 9.55 Å². The smallest absolute Gasteiger partial charge is 0.266 e. The number of aromatic nitrogens is 2. The molecule has 2 aromatic carbocycles. The van der Waals surface area contributed by atoms with Gasteiger partial charge in [-0.1, -0.05) is 12.1 Å². The van der Waals surface area contributed by atoms with Crippen LogP contribution in [0.2, 0.25) is 0 Å². The van der Waals surface area contributed by atoms with E-state index in [-0.39, 0.29) is 17.2 Å². The fourth-order valence-electron chi connectivity index (χ4n) is 2.38. The molecule has 0 saturated heterocycles. The predicted octanol–water partition coefficient (Wildman–Crippen LogP) is 3.33. The number of para-hydroxylation sites is 1. The van der Waals surface area contributed by atoms with Gasteiger partial charge in [0.2, 0.25) is 0 Å². The predicted molar refractivity (Wildman–Crippen MR) is 86.9 cm³/mol. The second-order valence-electron chi connectivity index (χ2n) is 4.92. The Hall–Kier alpha value is -2.46. The van der Waals surface area contributed by atoms with E-state index in [1.54, 1.807) is 42.5 Å². The molecule has 4 nitrogen and oxygen atoms in total. The largest absolute Gasteiger partial charge is 0.295 e. The third kappa shape index (κ3) is 2.42. The maximum Gasteiger partial charge on any atom is 0.266 e. The highest BCUT2D eigenvalue weighted by atomic mass is 35.5. The number of fused-ring (bicyclic) bond motifs is 1. The summed E-state index contributed by atoms with van der Waals surface area (Å²) < 4.78 is 1.49. The van der Waals surface area contributed by atoms with E-state index in [0.29, 0.717) is 28.0 Å². The van der Waals surface area contributed by atoms with E-state index in [4.69, 9.17) is 11.6 Å². The van der Waals surface area contributed by atoms with Crippen LogP contribution >= 0.6 is 11.6 Å². The molecule has 5 heteroatoms. The minimum Gasteiger partial charge on any atom is -0.295 e. The van der Waals surface area contributed by atoms with Crippen molar-refractivity contribution >= 4 is 28.3 Å². The number of halogens is 1. The van der Waals surface area contributed by atoms with Crippen LogP contribution in [0, 0.1) is 0 Å². The maximum absolute atomic E-state index is 12.7. The molecule has 110 valence electrons. The highest BCUT2D eigenvalue weighted by molar-refractivity contribution is 6.16. The van der Waals surface area contributed by atoms with Crippen LogP contribution in [-0.4, -0.2) is 15.3 Å². The quantitative estimate of drug-likeness (QED) is 0.550. The van der Waals surface area contributed by atoms with Crippen molar-refractivity contribution < 1.29 is 4.79 Å². The van der Waals surface area contributed by atoms with Crippen molar-refractivity contribution in [3.8, 4) is 5.69 Å². The van der Waals surface area contributed by atoms with Crippen molar-refractivity contribution in [3.05, 3.63) is 70.3 Å². The zero-order valence-corrected chi connectivity index (χ0v) is 12.7. The number of hydrogen-bond donors (Lipinski definition) is 0. The summed E-state index contributed by atoms with van der Waals surface area (Å²) in [6.07, 6.45) is 0. The lowest BCUT2D eigenvalue weighted by Crippen LogP contribution is -2.23. The topological polar surface area (TPSA) is 52.0 Å². The fourth-order valence-corrected chi connectivity index (χ4v) is 2.56. The SMILES string of the molecule is CC(=O)c1ccc(-n2c(CCl)nc3ccccc3c2=O)cc1. The summed E-state index contributed by atoms with van der Waals surface area (Å²) in [6, 6.07) is 14.0. The third-order valence-corrected chi connectivity index (χ3v) is 3.74. The second kappa shape index (κ2) is 5.73. The van der Waals surface area contributed by atoms with E-state index in [2.05, 4.69) is 4.98 Å². The molecule has 0 radical (unpaired) electrons. The first kappa shape index (κ1) is 14.5. The molecule has 1 aromatic heterocycles. The highest BCUT2D eigenvalue weighted by Gasteiger charge is 2.12. The Morgan fingerprint density at radius 2 is 1.82 bits per heavy atom. The molecule has 3 aromatic rings. The van der Waals surface area contributed by atoms with Crippen LogP contribution in [0.3, 0.4) is 0 Å². The molecule has 0 bridgehead atoms. The Morgan fingerprint density at radius 3 is 2.45 bits per heavy atom. The van der Waals surface area contributed by atoms with Crippen molar-refractivity contribution in [2.75, 3.05) is 0 Å². The van der Waals surface area contributed by atoms with Gasteiger partial charge in [0.15, 0.2) is 5.78 Å². The van der Waals surface area contributed by atoms with Gasteiger partial charge in [-0.2, -0.15) is 0 Å². The van der Waals surface area contributed by atoms with Crippen molar-refractivity contribution in [1.29, 1.82) is 0 Å². The zero-order valence-electron chi connectivity index (χ0n) is 11.9. The molecule has 0 spiro atoms. The van der Waals surface area contributed by atoms with Crippen LogP contribution in [-0.2, 0) is 5.88 Å². The van der Waals surface area contributed by atoms with Crippen LogP contribution in [0.25, 0.3) is 16.6 Å². The molecule has 1 heterocycles. The Balaban J connectivity index is 2.27. The number of carbonyl (C=O) groups is 1. The van der Waals surface area contributed by atoms with Gasteiger partial charge in [0, 0.05) is 5.56 Å². The van der Waals surface area contributed by atoms with Gasteiger partial charge >= 0.3 is 0 Å². The minimum absolute atomic E-state index is 0.0203. The van der Waals surface area contributed by atoms with E-state index in [9.17, 15) is 9.59 Å². The van der Waals surface area contributed by atoms with Crippen LogP contribution in [0.5, 0.6) is 0 Å². The standard InChI is InChI=1S/C17H13ClN2O2/c1-11(21)12-6-8-13(9-7-12)20-16(10-18)19-15-5-3-2-4-14(15)17(20)22/h2-9H,10H2,1H3. The molecule has 0 aliphatic carbocycles. The van der Waals surface area contributed by atoms with E-state index >= 15 is 0 Å². The van der Waals surface area contributed by atoms with Gasteiger partial charge < -0.3 is 0 Å². The van der Waals surface area contributed by atoms with Crippen molar-refractivity contribution in [2.45, 2.75) is 12.8 Å². The Labute approximate surface area is 132 Å². The number of nitrogens with zero attached hydrogens (tertiary/aromatic N) is 2. The summed E-state index contributed by atoms with van der Waals surface area (Å²) in [4.78, 5) is 28.5. The second-order valence-corrected chi connectivity index (χ2v) is 5.19. The number of rotatable bonds is 3. The lowest BCUT2D eigenvalue weighted by Gasteiger charge is -2.12. The average Bonchev–Trinajstić information content (AvgIpc) is 2.55. The van der Waals surface area contributed by atoms with Crippen LogP contribution in [0.15, 0.2) is 53.3 Å². The molecule has 0 aliphatic rings. The normalized spacial score (nSPS) is 10.8. The van der Waals surface area contributed by atoms with Gasteiger partial charge in [-0.25, -0.2) is 4.98 Å². The van der Waals surface area contributed by atoms with Gasteiger partial charge in [-0.15, -0.1) is 11.6 Å². The average molecular weight is 313 g/mol. The van der Waals surface area contributed by atoms with E-state index in [1.165, 1.54) is 11.5 Å². The molecule has 22 heavy (non-hydrogen) atoms. The Bertz CT molecular complexity index is 914. The lowest BCUT2D eigenvalue weighted by molar-refractivity contribution is 0.101. The number of benzene rings is 2. The minimum atomic E-state index is -0.170. The van der Waals surface area contributed by atoms with Gasteiger partial charge in [0.05, 0.1) is 22.5 Å². The number of hydrogen-bond acceptors (Lipinski definition) is 3. The summed E-state index contributed by atoms with van der Waals surface area (Å²) in [5.74, 6) is 0.572. The Kier molecular flexibility index (Phi) is 3.77. The molecule has 0 amide bonds. The van der Waals surface area contributed by atoms with Gasteiger partial charge in [-0.3, -0.25) is 14.2 Å². The molecular formula is C17H13ClN2O2. The first-order valence-electron chi connectivity index (χ1n) is 6.80. The van der Waals surface area contributed by atoms with Crippen molar-refractivity contribution in [3.63, 3.8) is 0 Å². The summed E-state index contributed by atoms with van der Waals surface area (Å²) in [6.45, 7) is 1.50. The third-order valence-electron chi connectivity index (χ3n) is 3.50. The zero-order chi connectivity index (χ0) is 15.7. The molecule has 0 atom stereocenters. The summed E-state index contributed by atoms with van der Waals surface area (Å²) in [5.41, 5.74) is 1.69. The number of Topliss-reactive ketones (excluding diaryl/α,β-unsaturated/α-hetero) is 1. The molecular weight excluding hydrogens is 300 g/mol. The maximum atomic E-state index is 12.7. The lowest BCUT2D eigenvalue weighted by atomic mass is 10.1. The molecule has 0 saturated carbocycles. The highest BCUT2D eigenvalue weighted by Crippen LogP contribution is 2.15. The molecule has 0 fully saturated rings. The first-order valence-corrected chi connectivity index (χ1v) is 7.33. The van der Waals surface area contributed by atoms with E-state index in [1.807, 2.05) is 6.07 Å². The van der Waals surface area contributed by atoms with E-state index < -0.39 is 0 Å². The number of ketones is 1. The summed E-state index contributed by atoms with van der Waals surface area (Å²) >= 11 is 5.96. The van der Waals surface area contributed by atoms with Gasteiger partial charge in [0.25, 0.3) is 5.56 Å². The van der Waals surface area contributed by atoms with Crippen molar-refractivity contribution in [2.24, 2.45) is 0 Å².